The van der Waals surface area contributed by atoms with E-state index >= 15 is 0 Å². The average molecular weight is 296 g/mol. The van der Waals surface area contributed by atoms with Crippen LogP contribution >= 0.6 is 23.2 Å². The molecule has 0 radical (unpaired) electrons. The first-order valence-corrected chi connectivity index (χ1v) is 6.72. The molecule has 1 aromatic rings. The minimum atomic E-state index is 0.642. The maximum Gasteiger partial charge on any atom is 0.120 e. The monoisotopic (exact) mass is 295 g/mol. The molecule has 1 aliphatic rings. The second kappa shape index (κ2) is 5.72. The fraction of sp³-hybridized carbons (Fsp3) is 0.200. The number of benzene rings is 1. The predicted octanol–water partition coefficient (Wildman–Crippen LogP) is 4.66. The van der Waals surface area contributed by atoms with Crippen molar-refractivity contribution in [3.05, 3.63) is 58.2 Å². The van der Waals surface area contributed by atoms with Crippen molar-refractivity contribution in [1.82, 2.24) is 4.90 Å². The van der Waals surface area contributed by atoms with Crippen LogP contribution in [0.15, 0.2) is 47.7 Å². The molecule has 0 amide bonds. The van der Waals surface area contributed by atoms with Crippen molar-refractivity contribution in [2.75, 3.05) is 13.7 Å². The third kappa shape index (κ3) is 2.65. The van der Waals surface area contributed by atoms with E-state index in [4.69, 9.17) is 27.9 Å². The molecule has 0 bridgehead atoms. The first kappa shape index (κ1) is 14.0. The summed E-state index contributed by atoms with van der Waals surface area (Å²) < 4.78 is 5.16. The van der Waals surface area contributed by atoms with Gasteiger partial charge in [-0.15, -0.1) is 0 Å². The number of methoxy groups -OCH3 is 1. The fourth-order valence-corrected chi connectivity index (χ4v) is 2.47. The summed E-state index contributed by atoms with van der Waals surface area (Å²) in [6.07, 6.45) is 3.79. The Morgan fingerprint density at radius 2 is 2.00 bits per heavy atom. The van der Waals surface area contributed by atoms with Gasteiger partial charge >= 0.3 is 0 Å². The summed E-state index contributed by atoms with van der Waals surface area (Å²) in [5.41, 5.74) is 2.71. The fourth-order valence-electron chi connectivity index (χ4n) is 2.04. The SMILES string of the molecule is C=C1C(Cl)=CC=C(c2ccc(OC)cc2Cl)N1CC. The lowest BCUT2D eigenvalue weighted by Crippen LogP contribution is -2.23. The lowest BCUT2D eigenvalue weighted by Gasteiger charge is -2.31. The zero-order valence-corrected chi connectivity index (χ0v) is 12.4. The highest BCUT2D eigenvalue weighted by atomic mass is 35.5. The molecule has 2 rings (SSSR count). The molecule has 0 spiro atoms. The van der Waals surface area contributed by atoms with E-state index in [0.29, 0.717) is 10.1 Å². The van der Waals surface area contributed by atoms with Gasteiger partial charge in [0.2, 0.25) is 0 Å². The number of allylic oxidation sites excluding steroid dienone is 3. The number of rotatable bonds is 3. The van der Waals surface area contributed by atoms with Gasteiger partial charge in [-0.25, -0.2) is 0 Å². The van der Waals surface area contributed by atoms with Gasteiger partial charge in [-0.1, -0.05) is 29.8 Å². The standard InChI is InChI=1S/C15H15Cl2NO/c1-4-18-10(2)13(16)7-8-15(18)12-6-5-11(19-3)9-14(12)17/h5-9H,2,4H2,1,3H3. The van der Waals surface area contributed by atoms with E-state index in [1.54, 1.807) is 13.2 Å². The lowest BCUT2D eigenvalue weighted by molar-refractivity contribution is 0.414. The Hall–Kier alpha value is -1.38. The van der Waals surface area contributed by atoms with Crippen molar-refractivity contribution in [3.8, 4) is 5.75 Å². The van der Waals surface area contributed by atoms with E-state index in [1.165, 1.54) is 0 Å². The van der Waals surface area contributed by atoms with Gasteiger partial charge < -0.3 is 9.64 Å². The Kier molecular flexibility index (Phi) is 4.23. The van der Waals surface area contributed by atoms with Crippen molar-refractivity contribution in [2.24, 2.45) is 0 Å². The zero-order chi connectivity index (χ0) is 14.0. The number of nitrogens with zero attached hydrogens (tertiary/aromatic N) is 1. The third-order valence-electron chi connectivity index (χ3n) is 3.05. The van der Waals surface area contributed by atoms with Gasteiger partial charge in [0, 0.05) is 17.8 Å². The predicted molar refractivity (Wildman–Crippen MR) is 81.4 cm³/mol. The lowest BCUT2D eigenvalue weighted by atomic mass is 10.1. The van der Waals surface area contributed by atoms with Gasteiger partial charge in [-0.05, 0) is 37.3 Å². The molecule has 1 heterocycles. The maximum absolute atomic E-state index is 6.32. The first-order chi connectivity index (χ1) is 9.08. The van der Waals surface area contributed by atoms with Crippen molar-refractivity contribution >= 4 is 28.9 Å². The first-order valence-electron chi connectivity index (χ1n) is 5.96. The van der Waals surface area contributed by atoms with E-state index in [1.807, 2.05) is 36.1 Å². The molecule has 19 heavy (non-hydrogen) atoms. The van der Waals surface area contributed by atoms with Gasteiger partial charge in [0.15, 0.2) is 0 Å². The van der Waals surface area contributed by atoms with Crippen molar-refractivity contribution < 1.29 is 4.74 Å². The number of halogens is 2. The second-order valence-electron chi connectivity index (χ2n) is 4.10. The van der Waals surface area contributed by atoms with Crippen LogP contribution < -0.4 is 4.74 Å². The summed E-state index contributed by atoms with van der Waals surface area (Å²) in [4.78, 5) is 2.04. The maximum atomic E-state index is 6.32. The van der Waals surface area contributed by atoms with Crippen LogP contribution in [-0.4, -0.2) is 18.6 Å². The number of likely N-dealkylation sites (N-methyl/N-ethyl adjacent to an activating group) is 1. The molecule has 0 atom stereocenters. The summed E-state index contributed by atoms with van der Waals surface area (Å²) in [6, 6.07) is 5.63. The molecule has 100 valence electrons. The van der Waals surface area contributed by atoms with E-state index < -0.39 is 0 Å². The number of ether oxygens (including phenoxy) is 1. The van der Waals surface area contributed by atoms with E-state index in [9.17, 15) is 0 Å². The molecule has 1 aromatic carbocycles. The van der Waals surface area contributed by atoms with Crippen LogP contribution in [0.5, 0.6) is 5.75 Å². The summed E-state index contributed by atoms with van der Waals surface area (Å²) in [5, 5.41) is 1.29. The summed E-state index contributed by atoms with van der Waals surface area (Å²) in [7, 11) is 1.62. The van der Waals surface area contributed by atoms with Crippen molar-refractivity contribution in [3.63, 3.8) is 0 Å². The Bertz CT molecular complexity index is 576. The third-order valence-corrected chi connectivity index (χ3v) is 3.71. The number of hydrogen-bond acceptors (Lipinski definition) is 2. The van der Waals surface area contributed by atoms with Crippen molar-refractivity contribution in [2.45, 2.75) is 6.92 Å². The highest BCUT2D eigenvalue weighted by Gasteiger charge is 2.20. The van der Waals surface area contributed by atoms with E-state index in [-0.39, 0.29) is 0 Å². The summed E-state index contributed by atoms with van der Waals surface area (Å²) >= 11 is 12.4. The highest BCUT2D eigenvalue weighted by molar-refractivity contribution is 6.33. The average Bonchev–Trinajstić information content (AvgIpc) is 2.42. The minimum absolute atomic E-state index is 0.642. The molecule has 1 aliphatic heterocycles. The number of hydrogen-bond donors (Lipinski definition) is 0. The molecule has 4 heteroatoms. The molecule has 0 fully saturated rings. The molecule has 0 N–H and O–H groups in total. The van der Waals surface area contributed by atoms with E-state index in [0.717, 1.165) is 29.3 Å². The largest absolute Gasteiger partial charge is 0.497 e. The van der Waals surface area contributed by atoms with E-state index in [2.05, 4.69) is 6.58 Å². The molecular weight excluding hydrogens is 281 g/mol. The Balaban J connectivity index is 2.48. The highest BCUT2D eigenvalue weighted by Crippen LogP contribution is 2.36. The smallest absolute Gasteiger partial charge is 0.120 e. The normalized spacial score (nSPS) is 15.2. The molecule has 0 aromatic heterocycles. The molecule has 0 unspecified atom stereocenters. The van der Waals surface area contributed by atoms with Crippen LogP contribution in [0.4, 0.5) is 0 Å². The quantitative estimate of drug-likeness (QED) is 0.804. The van der Waals surface area contributed by atoms with Crippen LogP contribution in [-0.2, 0) is 0 Å². The van der Waals surface area contributed by atoms with Crippen LogP contribution in [0.1, 0.15) is 12.5 Å². The van der Waals surface area contributed by atoms with Crippen LogP contribution in [0.2, 0.25) is 5.02 Å². The van der Waals surface area contributed by atoms with Gasteiger partial charge in [0.05, 0.1) is 22.9 Å². The minimum Gasteiger partial charge on any atom is -0.497 e. The molecule has 0 saturated carbocycles. The van der Waals surface area contributed by atoms with Crippen LogP contribution in [0.25, 0.3) is 5.70 Å². The van der Waals surface area contributed by atoms with Gasteiger partial charge in [0.1, 0.15) is 5.75 Å². The van der Waals surface area contributed by atoms with Crippen LogP contribution in [0.3, 0.4) is 0 Å². The zero-order valence-electron chi connectivity index (χ0n) is 10.9. The Morgan fingerprint density at radius 3 is 2.58 bits per heavy atom. The Labute approximate surface area is 123 Å². The summed E-state index contributed by atoms with van der Waals surface area (Å²) in [6.45, 7) is 6.83. The molecular formula is C15H15Cl2NO. The van der Waals surface area contributed by atoms with Gasteiger partial charge in [-0.3, -0.25) is 0 Å². The molecule has 0 saturated heterocycles. The van der Waals surface area contributed by atoms with Gasteiger partial charge in [-0.2, -0.15) is 0 Å². The molecule has 0 aliphatic carbocycles. The van der Waals surface area contributed by atoms with Gasteiger partial charge in [0.25, 0.3) is 0 Å². The topological polar surface area (TPSA) is 12.5 Å². The second-order valence-corrected chi connectivity index (χ2v) is 4.92. The van der Waals surface area contributed by atoms with Crippen molar-refractivity contribution in [1.29, 1.82) is 0 Å². The molecule has 2 nitrogen and oxygen atoms in total. The van der Waals surface area contributed by atoms with Crippen LogP contribution in [0, 0.1) is 0 Å². The summed E-state index contributed by atoms with van der Waals surface area (Å²) in [5.74, 6) is 0.737. The Morgan fingerprint density at radius 1 is 1.26 bits per heavy atom.